The van der Waals surface area contributed by atoms with Crippen LogP contribution in [0.1, 0.15) is 0 Å². The van der Waals surface area contributed by atoms with Gasteiger partial charge in [0.2, 0.25) is 5.95 Å². The molecule has 0 N–H and O–H groups in total. The van der Waals surface area contributed by atoms with E-state index in [1.165, 1.54) is 51.1 Å². The van der Waals surface area contributed by atoms with E-state index in [0.717, 1.165) is 72.2 Å². The maximum absolute atomic E-state index is 5.46. The Hall–Kier alpha value is -8.82. The van der Waals surface area contributed by atoms with Gasteiger partial charge >= 0.3 is 0 Å². The number of hydrogen-bond donors (Lipinski definition) is 0. The van der Waals surface area contributed by atoms with E-state index in [1.54, 1.807) is 0 Å². The topological polar surface area (TPSA) is 61.4 Å². The van der Waals surface area contributed by atoms with E-state index in [9.17, 15) is 0 Å². The van der Waals surface area contributed by atoms with Crippen LogP contribution in [0.3, 0.4) is 0 Å². The highest BCUT2D eigenvalue weighted by molar-refractivity contribution is 7.26. The minimum atomic E-state index is 0.560. The molecule has 0 spiro atoms. The van der Waals surface area contributed by atoms with Crippen LogP contribution >= 0.6 is 22.7 Å². The number of pyridine rings is 1. The number of thiophene rings is 2. The monoisotopic (exact) mass is 928 g/mol. The van der Waals surface area contributed by atoms with Crippen molar-refractivity contribution >= 4 is 107 Å². The summed E-state index contributed by atoms with van der Waals surface area (Å²) in [7, 11) is 0. The van der Waals surface area contributed by atoms with E-state index in [2.05, 4.69) is 221 Å². The lowest BCUT2D eigenvalue weighted by molar-refractivity contribution is 0.954. The molecule has 0 aliphatic carbocycles. The molecule has 6 heterocycles. The zero-order chi connectivity index (χ0) is 45.9. The minimum Gasteiger partial charge on any atom is -0.309 e. The van der Waals surface area contributed by atoms with Crippen molar-refractivity contribution in [1.82, 2.24) is 29.1 Å². The van der Waals surface area contributed by atoms with Crippen LogP contribution in [0.2, 0.25) is 0 Å². The molecule has 0 unspecified atom stereocenters. The number of fused-ring (bicyclic) bond motifs is 12. The van der Waals surface area contributed by atoms with E-state index in [1.807, 2.05) is 28.7 Å². The first kappa shape index (κ1) is 39.2. The van der Waals surface area contributed by atoms with Gasteiger partial charge in [-0.25, -0.2) is 9.97 Å². The number of hydrogen-bond acceptors (Lipinski definition) is 6. The standard InChI is InChI=1S/C62H36N6S2/c1-2-14-37(15-3-1)50-22-13-23-51(63-50)38-16-12-17-41(32-38)67-52-24-8-4-18-42(52)46-35-47-43-19-5-9-25-53(43)68(55(47)36-54(46)67)62-65-60(39-28-30-58-48(33-39)44-20-6-10-26-56(44)69-58)64-61(66-62)40-29-31-59-49(34-40)45-21-7-11-27-57(45)70-59/h1-36H. The molecule has 9 aromatic carbocycles. The maximum atomic E-state index is 5.46. The summed E-state index contributed by atoms with van der Waals surface area (Å²) in [5.74, 6) is 1.80. The predicted molar refractivity (Wildman–Crippen MR) is 294 cm³/mol. The SMILES string of the molecule is c1ccc(-c2cccc(-c3cccc(-n4c5ccccc5c5cc6c7ccccc7n(-c7nc(-c8ccc9sc%10ccccc%10c9c8)nc(-c8ccc9sc%10ccccc%10c9c8)n7)c6cc54)c3)n2)cc1. The third kappa shape index (κ3) is 6.10. The van der Waals surface area contributed by atoms with Crippen molar-refractivity contribution in [3.63, 3.8) is 0 Å². The Balaban J connectivity index is 0.973. The fraction of sp³-hybridized carbons (Fsp3) is 0. The first-order valence-electron chi connectivity index (χ1n) is 23.4. The average molecular weight is 929 g/mol. The summed E-state index contributed by atoms with van der Waals surface area (Å²) in [6, 6.07) is 77.9. The van der Waals surface area contributed by atoms with Gasteiger partial charge in [-0.3, -0.25) is 4.57 Å². The largest absolute Gasteiger partial charge is 0.309 e. The van der Waals surface area contributed by atoms with Gasteiger partial charge in [0.15, 0.2) is 11.6 Å². The van der Waals surface area contributed by atoms with Gasteiger partial charge in [-0.05, 0) is 97.1 Å². The molecule has 8 heteroatoms. The summed E-state index contributed by atoms with van der Waals surface area (Å²) in [5.41, 5.74) is 11.2. The second kappa shape index (κ2) is 15.3. The van der Waals surface area contributed by atoms with Crippen LogP contribution in [0.4, 0.5) is 0 Å². The Morgan fingerprint density at radius 2 is 0.771 bits per heavy atom. The normalized spacial score (nSPS) is 12.0. The molecule has 0 atom stereocenters. The number of rotatable bonds is 6. The van der Waals surface area contributed by atoms with Crippen molar-refractivity contribution in [2.24, 2.45) is 0 Å². The van der Waals surface area contributed by atoms with Gasteiger partial charge in [0.05, 0.1) is 33.5 Å². The van der Waals surface area contributed by atoms with Crippen molar-refractivity contribution in [2.45, 2.75) is 0 Å². The van der Waals surface area contributed by atoms with Crippen LogP contribution in [0.25, 0.3) is 141 Å². The maximum Gasteiger partial charge on any atom is 0.238 e. The summed E-state index contributed by atoms with van der Waals surface area (Å²) < 4.78 is 9.63. The van der Waals surface area contributed by atoms with E-state index >= 15 is 0 Å². The summed E-state index contributed by atoms with van der Waals surface area (Å²) in [4.78, 5) is 21.4. The Morgan fingerprint density at radius 1 is 0.271 bits per heavy atom. The smallest absolute Gasteiger partial charge is 0.238 e. The number of nitrogens with zero attached hydrogens (tertiary/aromatic N) is 6. The van der Waals surface area contributed by atoms with Crippen LogP contribution in [-0.2, 0) is 0 Å². The number of benzene rings is 9. The molecule has 0 amide bonds. The summed E-state index contributed by atoms with van der Waals surface area (Å²) in [5, 5.41) is 9.47. The Labute approximate surface area is 408 Å². The minimum absolute atomic E-state index is 0.560. The van der Waals surface area contributed by atoms with Gasteiger partial charge < -0.3 is 4.57 Å². The molecule has 0 aliphatic rings. The Morgan fingerprint density at radius 3 is 1.41 bits per heavy atom. The molecule has 0 radical (unpaired) electrons. The Kier molecular flexibility index (Phi) is 8.60. The quantitative estimate of drug-likeness (QED) is 0.167. The Bertz CT molecular complexity index is 4480. The molecule has 6 nitrogen and oxygen atoms in total. The first-order chi connectivity index (χ1) is 34.7. The molecular formula is C62H36N6S2. The van der Waals surface area contributed by atoms with Gasteiger partial charge in [0, 0.05) is 89.8 Å². The zero-order valence-electron chi connectivity index (χ0n) is 37.3. The van der Waals surface area contributed by atoms with Crippen molar-refractivity contribution < 1.29 is 0 Å². The van der Waals surface area contributed by atoms with Crippen LogP contribution in [0, 0.1) is 0 Å². The van der Waals surface area contributed by atoms with Crippen molar-refractivity contribution in [3.8, 4) is 56.9 Å². The number of para-hydroxylation sites is 2. The van der Waals surface area contributed by atoms with E-state index < -0.39 is 0 Å². The lowest BCUT2D eigenvalue weighted by atomic mass is 10.1. The fourth-order valence-corrected chi connectivity index (χ4v) is 12.7. The van der Waals surface area contributed by atoms with Gasteiger partial charge in [0.1, 0.15) is 0 Å². The highest BCUT2D eigenvalue weighted by atomic mass is 32.1. The second-order valence-electron chi connectivity index (χ2n) is 17.8. The fourth-order valence-electron chi connectivity index (χ4n) is 10.5. The van der Waals surface area contributed by atoms with Gasteiger partial charge in [0.25, 0.3) is 0 Å². The van der Waals surface area contributed by atoms with E-state index in [-0.39, 0.29) is 0 Å². The van der Waals surface area contributed by atoms with Crippen LogP contribution in [-0.4, -0.2) is 29.1 Å². The summed E-state index contributed by atoms with van der Waals surface area (Å²) in [6.45, 7) is 0. The molecule has 0 fully saturated rings. The molecule has 15 rings (SSSR count). The van der Waals surface area contributed by atoms with Gasteiger partial charge in [-0.1, -0.05) is 121 Å². The molecule has 0 saturated heterocycles. The van der Waals surface area contributed by atoms with Crippen molar-refractivity contribution in [3.05, 3.63) is 218 Å². The molecule has 0 bridgehead atoms. The molecule has 70 heavy (non-hydrogen) atoms. The highest BCUT2D eigenvalue weighted by Gasteiger charge is 2.22. The lowest BCUT2D eigenvalue weighted by Crippen LogP contribution is -2.06. The molecular weight excluding hydrogens is 893 g/mol. The first-order valence-corrected chi connectivity index (χ1v) is 25.0. The van der Waals surface area contributed by atoms with E-state index in [4.69, 9.17) is 19.9 Å². The predicted octanol–water partition coefficient (Wildman–Crippen LogP) is 16.9. The van der Waals surface area contributed by atoms with Crippen LogP contribution < -0.4 is 0 Å². The third-order valence-corrected chi connectivity index (χ3v) is 16.1. The van der Waals surface area contributed by atoms with Crippen LogP contribution in [0.15, 0.2) is 218 Å². The third-order valence-electron chi connectivity index (χ3n) is 13.8. The number of aromatic nitrogens is 6. The summed E-state index contributed by atoms with van der Waals surface area (Å²) >= 11 is 3.62. The highest BCUT2D eigenvalue weighted by Crippen LogP contribution is 2.42. The average Bonchev–Trinajstić information content (AvgIpc) is 4.17. The summed E-state index contributed by atoms with van der Waals surface area (Å²) in [6.07, 6.45) is 0. The van der Waals surface area contributed by atoms with Crippen molar-refractivity contribution in [2.75, 3.05) is 0 Å². The van der Waals surface area contributed by atoms with Gasteiger partial charge in [-0.15, -0.1) is 22.7 Å². The molecule has 326 valence electrons. The molecule has 15 aromatic rings. The van der Waals surface area contributed by atoms with Crippen LogP contribution in [0.5, 0.6) is 0 Å². The van der Waals surface area contributed by atoms with Gasteiger partial charge in [-0.2, -0.15) is 9.97 Å². The molecule has 0 aliphatic heterocycles. The molecule has 0 saturated carbocycles. The molecule has 6 aromatic heterocycles. The zero-order valence-corrected chi connectivity index (χ0v) is 38.9. The second-order valence-corrected chi connectivity index (χ2v) is 20.0. The lowest BCUT2D eigenvalue weighted by Gasteiger charge is -2.12. The van der Waals surface area contributed by atoms with E-state index in [0.29, 0.717) is 17.6 Å². The van der Waals surface area contributed by atoms with Crippen molar-refractivity contribution in [1.29, 1.82) is 0 Å².